The summed E-state index contributed by atoms with van der Waals surface area (Å²) in [4.78, 5) is 15.8. The molecule has 1 atom stereocenters. The fraction of sp³-hybridized carbons (Fsp3) is 0.194. The molecule has 0 radical (unpaired) electrons. The summed E-state index contributed by atoms with van der Waals surface area (Å²) in [6.07, 6.45) is 30.7. The fourth-order valence-electron chi connectivity index (χ4n) is 3.98. The van der Waals surface area contributed by atoms with Crippen LogP contribution in [-0.4, -0.2) is 16.3 Å². The smallest absolute Gasteiger partial charge is 0.259 e. The number of likely N-dealkylation sites (tertiary alicyclic amines) is 1. The molecular formula is C31H37NO. The van der Waals surface area contributed by atoms with Crippen LogP contribution in [0.25, 0.3) is 0 Å². The van der Waals surface area contributed by atoms with E-state index in [4.69, 9.17) is 0 Å². The minimum Gasteiger partial charge on any atom is -0.290 e. The molecule has 0 aromatic carbocycles. The van der Waals surface area contributed by atoms with Crippen molar-refractivity contribution in [3.05, 3.63) is 145 Å². The van der Waals surface area contributed by atoms with Gasteiger partial charge in [0.15, 0.2) is 0 Å². The van der Waals surface area contributed by atoms with E-state index in [-0.39, 0.29) is 5.91 Å². The second-order valence-electron chi connectivity index (χ2n) is 7.25. The van der Waals surface area contributed by atoms with Gasteiger partial charge in [-0.05, 0) is 63.5 Å². The third-order valence-corrected chi connectivity index (χ3v) is 5.20. The van der Waals surface area contributed by atoms with Gasteiger partial charge in [-0.15, -0.1) is 0 Å². The molecule has 1 aliphatic heterocycles. The first-order chi connectivity index (χ1) is 16.0. The van der Waals surface area contributed by atoms with E-state index in [0.717, 1.165) is 22.4 Å². The number of carbonyl (C=O) groups excluding carboxylic acids is 1. The first-order valence-corrected chi connectivity index (χ1v) is 11.2. The highest BCUT2D eigenvalue weighted by atomic mass is 16.2. The van der Waals surface area contributed by atoms with Crippen molar-refractivity contribution in [2.45, 2.75) is 40.2 Å². The zero-order chi connectivity index (χ0) is 24.9. The number of carbonyl (C=O) groups is 1. The van der Waals surface area contributed by atoms with Crippen LogP contribution in [0.5, 0.6) is 0 Å². The monoisotopic (exact) mass is 439 g/mol. The van der Waals surface area contributed by atoms with Crippen molar-refractivity contribution in [2.24, 2.45) is 0 Å². The van der Waals surface area contributed by atoms with Gasteiger partial charge in [0, 0.05) is 11.3 Å². The van der Waals surface area contributed by atoms with E-state index in [1.807, 2.05) is 125 Å². The molecule has 0 saturated carbocycles. The summed E-state index contributed by atoms with van der Waals surface area (Å²) in [7, 11) is 0. The highest BCUT2D eigenvalue weighted by Gasteiger charge is 2.55. The molecule has 1 aliphatic rings. The number of hydrogen-bond donors (Lipinski definition) is 0. The molecule has 1 fully saturated rings. The maximum Gasteiger partial charge on any atom is 0.259 e. The Bertz CT molecular complexity index is 1030. The van der Waals surface area contributed by atoms with Crippen molar-refractivity contribution in [3.8, 4) is 0 Å². The zero-order valence-electron chi connectivity index (χ0n) is 20.7. The lowest BCUT2D eigenvalue weighted by Crippen LogP contribution is -2.48. The van der Waals surface area contributed by atoms with Crippen molar-refractivity contribution in [1.29, 1.82) is 0 Å². The number of hydrogen-bond acceptors (Lipinski definition) is 1. The molecule has 1 saturated heterocycles. The van der Waals surface area contributed by atoms with E-state index >= 15 is 0 Å². The summed E-state index contributed by atoms with van der Waals surface area (Å²) >= 11 is 0. The van der Waals surface area contributed by atoms with Gasteiger partial charge in [0.25, 0.3) is 5.91 Å². The predicted molar refractivity (Wildman–Crippen MR) is 146 cm³/mol. The Morgan fingerprint density at radius 3 is 2.00 bits per heavy atom. The van der Waals surface area contributed by atoms with Crippen LogP contribution >= 0.6 is 0 Å². The van der Waals surface area contributed by atoms with Gasteiger partial charge in [0.1, 0.15) is 5.54 Å². The van der Waals surface area contributed by atoms with Crippen molar-refractivity contribution >= 4 is 5.91 Å². The summed E-state index contributed by atoms with van der Waals surface area (Å²) < 4.78 is 0. The molecule has 2 heteroatoms. The van der Waals surface area contributed by atoms with Crippen molar-refractivity contribution < 1.29 is 4.79 Å². The van der Waals surface area contributed by atoms with E-state index in [9.17, 15) is 4.79 Å². The van der Waals surface area contributed by atoms with Crippen molar-refractivity contribution in [3.63, 3.8) is 0 Å². The highest BCUT2D eigenvalue weighted by molar-refractivity contribution is 6.07. The van der Waals surface area contributed by atoms with E-state index < -0.39 is 5.54 Å². The third-order valence-electron chi connectivity index (χ3n) is 5.20. The lowest BCUT2D eigenvalue weighted by atomic mass is 9.74. The third kappa shape index (κ3) is 5.59. The molecule has 1 amide bonds. The number of rotatable bonds is 10. The predicted octanol–water partition coefficient (Wildman–Crippen LogP) is 8.04. The van der Waals surface area contributed by atoms with Crippen LogP contribution in [-0.2, 0) is 4.79 Å². The van der Waals surface area contributed by atoms with Crippen LogP contribution < -0.4 is 0 Å². The number of amides is 1. The van der Waals surface area contributed by atoms with E-state index in [1.54, 1.807) is 12.2 Å². The normalized spacial score (nSPS) is 23.1. The Labute approximate surface area is 200 Å². The maximum absolute atomic E-state index is 14.0. The topological polar surface area (TPSA) is 20.3 Å². The number of allylic oxidation sites excluding steroid dienone is 14. The van der Waals surface area contributed by atoms with Gasteiger partial charge in [0.2, 0.25) is 0 Å². The van der Waals surface area contributed by atoms with Gasteiger partial charge < -0.3 is 0 Å². The van der Waals surface area contributed by atoms with Gasteiger partial charge in [-0.25, -0.2) is 0 Å². The molecule has 33 heavy (non-hydrogen) atoms. The molecule has 0 aliphatic carbocycles. The van der Waals surface area contributed by atoms with E-state index in [1.165, 1.54) is 0 Å². The van der Waals surface area contributed by atoms with Gasteiger partial charge >= 0.3 is 0 Å². The summed E-state index contributed by atoms with van der Waals surface area (Å²) in [6, 6.07) is 0. The van der Waals surface area contributed by atoms with Crippen LogP contribution in [0.1, 0.15) is 34.6 Å². The Morgan fingerprint density at radius 1 is 0.818 bits per heavy atom. The van der Waals surface area contributed by atoms with Crippen LogP contribution in [0.2, 0.25) is 0 Å². The lowest BCUT2D eigenvalue weighted by molar-refractivity contribution is -0.124. The molecular weight excluding hydrogens is 402 g/mol. The molecule has 2 nitrogen and oxygen atoms in total. The second kappa shape index (κ2) is 13.7. The number of nitrogens with zero attached hydrogens (tertiary/aromatic N) is 1. The summed E-state index contributed by atoms with van der Waals surface area (Å²) in [5.74, 6) is -0.103. The molecule has 1 unspecified atom stereocenters. The van der Waals surface area contributed by atoms with Gasteiger partial charge in [-0.1, -0.05) is 105 Å². The second-order valence-corrected chi connectivity index (χ2v) is 7.25. The Hall–Kier alpha value is -3.65. The zero-order valence-corrected chi connectivity index (χ0v) is 20.7. The molecule has 0 N–H and O–H groups in total. The minimum atomic E-state index is -0.981. The molecule has 1 heterocycles. The first-order valence-electron chi connectivity index (χ1n) is 11.2. The van der Waals surface area contributed by atoms with Crippen LogP contribution in [0.3, 0.4) is 0 Å². The lowest BCUT2D eigenvalue weighted by Gasteiger charge is -2.42. The summed E-state index contributed by atoms with van der Waals surface area (Å²) in [6.45, 7) is 22.0. The summed E-state index contributed by atoms with van der Waals surface area (Å²) in [5, 5.41) is 0. The van der Waals surface area contributed by atoms with Gasteiger partial charge in [-0.2, -0.15) is 0 Å². The maximum atomic E-state index is 14.0. The minimum absolute atomic E-state index is 0.103. The van der Waals surface area contributed by atoms with Crippen molar-refractivity contribution in [2.75, 3.05) is 0 Å². The largest absolute Gasteiger partial charge is 0.290 e. The van der Waals surface area contributed by atoms with Gasteiger partial charge in [-0.3, -0.25) is 9.69 Å². The molecule has 172 valence electrons. The summed E-state index contributed by atoms with van der Waals surface area (Å²) in [5.41, 5.74) is 2.86. The molecule has 1 rings (SSSR count). The highest BCUT2D eigenvalue weighted by Crippen LogP contribution is 2.51. The van der Waals surface area contributed by atoms with Crippen LogP contribution in [0.15, 0.2) is 145 Å². The van der Waals surface area contributed by atoms with Gasteiger partial charge in [0.05, 0.1) is 0 Å². The molecule has 0 aromatic heterocycles. The quantitative estimate of drug-likeness (QED) is 0.249. The van der Waals surface area contributed by atoms with Crippen LogP contribution in [0, 0.1) is 0 Å². The Morgan fingerprint density at radius 2 is 1.48 bits per heavy atom. The SMILES string of the molecule is C=C/C=C(\C=C/C)N1C(=O)C(=C/C)/C(=C\C=C)C1(C(=C)/C=C\C=C/C)C(/C=C\C)=C/C=C\C. The first kappa shape index (κ1) is 27.4. The molecule has 0 bridgehead atoms. The Balaban J connectivity index is 4.39. The van der Waals surface area contributed by atoms with Crippen LogP contribution in [0.4, 0.5) is 0 Å². The average Bonchev–Trinajstić information content (AvgIpc) is 3.05. The Kier molecular flexibility index (Phi) is 11.4. The average molecular weight is 440 g/mol. The van der Waals surface area contributed by atoms with E-state index in [0.29, 0.717) is 5.57 Å². The standard InChI is InChI=1S/C31H37NO/c1-9-16-18-23-25(8)31(26(19-11-3)24-17-10-2)29(22-14-6)28(15-7)30(33)32(31)27(20-12-4)21-13-5/h9-24H,4,6,8H2,1-3,5,7H3/b16-9-,17-10-,19-11-,21-13-,23-18-,26-24+,27-20+,28-15+,29-22+. The molecule has 0 aromatic rings. The van der Waals surface area contributed by atoms with Crippen molar-refractivity contribution in [1.82, 2.24) is 4.90 Å². The molecule has 0 spiro atoms. The fourth-order valence-corrected chi connectivity index (χ4v) is 3.98. The van der Waals surface area contributed by atoms with E-state index in [2.05, 4.69) is 19.7 Å².